The number of benzene rings is 1. The summed E-state index contributed by atoms with van der Waals surface area (Å²) in [6, 6.07) is 7.93. The summed E-state index contributed by atoms with van der Waals surface area (Å²) in [7, 11) is -1.52. The van der Waals surface area contributed by atoms with Gasteiger partial charge in [-0.25, -0.2) is 17.7 Å². The van der Waals surface area contributed by atoms with Gasteiger partial charge in [0.05, 0.1) is 12.9 Å². The smallest absolute Gasteiger partial charge is 0.214 e. The summed E-state index contributed by atoms with van der Waals surface area (Å²) in [6.45, 7) is 4.75. The lowest BCUT2D eigenvalue weighted by Gasteiger charge is -2.21. The summed E-state index contributed by atoms with van der Waals surface area (Å²) >= 11 is 1.39. The van der Waals surface area contributed by atoms with Gasteiger partial charge in [-0.05, 0) is 30.5 Å². The van der Waals surface area contributed by atoms with Crippen molar-refractivity contribution >= 4 is 26.7 Å². The van der Waals surface area contributed by atoms with E-state index in [4.69, 9.17) is 9.72 Å². The first-order valence-electron chi connectivity index (χ1n) is 11.7. The molecule has 0 bridgehead atoms. The Kier molecular flexibility index (Phi) is 9.74. The number of nitrogens with zero attached hydrogens (tertiary/aromatic N) is 4. The topological polar surface area (TPSA) is 75.6 Å². The van der Waals surface area contributed by atoms with Crippen molar-refractivity contribution in [1.29, 1.82) is 0 Å². The molecule has 3 rings (SSSR count). The lowest BCUT2D eigenvalue weighted by atomic mass is 10.1. The van der Waals surface area contributed by atoms with Gasteiger partial charge in [0.2, 0.25) is 15.2 Å². The number of hydrogen-bond donors (Lipinski definition) is 0. The SMILES string of the molecule is CCCCCCCCS(=O)(=O)N1CCCN(c2nc(Cc3cccc(OC)c3)ns2)CC1. The minimum absolute atomic E-state index is 0.266. The van der Waals surface area contributed by atoms with Gasteiger partial charge in [-0.1, -0.05) is 51.2 Å². The number of methoxy groups -OCH3 is 1. The Hall–Kier alpha value is -1.71. The molecule has 1 aromatic carbocycles. The standard InChI is InChI=1S/C23H36N4O3S2/c1-3-4-5-6-7-8-17-32(28,29)27-14-10-13-26(15-16-27)23-24-22(25-31-23)19-20-11-9-12-21(18-20)30-2/h9,11-12,18H,3-8,10,13-17,19H2,1-2H3. The zero-order valence-corrected chi connectivity index (χ0v) is 21.0. The van der Waals surface area contributed by atoms with Crippen LogP contribution in [0.5, 0.6) is 5.75 Å². The van der Waals surface area contributed by atoms with Crippen LogP contribution >= 0.6 is 11.5 Å². The van der Waals surface area contributed by atoms with Crippen molar-refractivity contribution in [2.24, 2.45) is 0 Å². The molecule has 0 atom stereocenters. The molecule has 0 radical (unpaired) electrons. The Labute approximate surface area is 197 Å². The van der Waals surface area contributed by atoms with Gasteiger partial charge < -0.3 is 9.64 Å². The Morgan fingerprint density at radius 3 is 2.69 bits per heavy atom. The minimum Gasteiger partial charge on any atom is -0.497 e. The molecule has 1 aromatic heterocycles. The summed E-state index contributed by atoms with van der Waals surface area (Å²) in [6.07, 6.45) is 8.00. The molecule has 0 unspecified atom stereocenters. The highest BCUT2D eigenvalue weighted by molar-refractivity contribution is 7.89. The van der Waals surface area contributed by atoms with Crippen LogP contribution in [-0.2, 0) is 16.4 Å². The summed E-state index contributed by atoms with van der Waals surface area (Å²) in [4.78, 5) is 6.90. The van der Waals surface area contributed by atoms with E-state index in [0.29, 0.717) is 26.1 Å². The average molecular weight is 481 g/mol. The van der Waals surface area contributed by atoms with Crippen molar-refractivity contribution in [3.63, 3.8) is 0 Å². The second kappa shape index (κ2) is 12.5. The van der Waals surface area contributed by atoms with Crippen LogP contribution in [-0.4, -0.2) is 61.1 Å². The molecule has 32 heavy (non-hydrogen) atoms. The van der Waals surface area contributed by atoms with E-state index in [1.807, 2.05) is 24.3 Å². The number of rotatable bonds is 12. The molecular weight excluding hydrogens is 444 g/mol. The molecule has 1 saturated heterocycles. The molecule has 0 spiro atoms. The van der Waals surface area contributed by atoms with E-state index in [2.05, 4.69) is 16.2 Å². The van der Waals surface area contributed by atoms with Crippen molar-refractivity contribution in [3.8, 4) is 5.75 Å². The van der Waals surface area contributed by atoms with Crippen LogP contribution < -0.4 is 9.64 Å². The predicted molar refractivity (Wildman–Crippen MR) is 131 cm³/mol. The number of unbranched alkanes of at least 4 members (excludes halogenated alkanes) is 5. The fourth-order valence-corrected chi connectivity index (χ4v) is 6.30. The molecule has 0 amide bonds. The maximum Gasteiger partial charge on any atom is 0.214 e. The second-order valence-corrected chi connectivity index (χ2v) is 11.2. The molecule has 0 N–H and O–H groups in total. The average Bonchev–Trinajstić information content (AvgIpc) is 3.10. The second-order valence-electron chi connectivity index (χ2n) is 8.34. The van der Waals surface area contributed by atoms with E-state index in [0.717, 1.165) is 54.5 Å². The number of ether oxygens (including phenoxy) is 1. The number of anilines is 1. The lowest BCUT2D eigenvalue weighted by molar-refractivity contribution is 0.414. The third kappa shape index (κ3) is 7.42. The third-order valence-corrected chi connectivity index (χ3v) is 8.60. The Morgan fingerprint density at radius 2 is 1.88 bits per heavy atom. The normalized spacial score (nSPS) is 15.6. The Morgan fingerprint density at radius 1 is 1.06 bits per heavy atom. The van der Waals surface area contributed by atoms with Crippen molar-refractivity contribution in [1.82, 2.24) is 13.7 Å². The summed E-state index contributed by atoms with van der Waals surface area (Å²) in [5, 5.41) is 0.873. The molecule has 9 heteroatoms. The van der Waals surface area contributed by atoms with Gasteiger partial charge in [0, 0.05) is 44.1 Å². The van der Waals surface area contributed by atoms with Crippen LogP contribution in [0.15, 0.2) is 24.3 Å². The number of hydrogen-bond acceptors (Lipinski definition) is 7. The van der Waals surface area contributed by atoms with E-state index in [9.17, 15) is 8.42 Å². The quantitative estimate of drug-likeness (QED) is 0.421. The summed E-state index contributed by atoms with van der Waals surface area (Å²) < 4.78 is 37.1. The first-order valence-corrected chi connectivity index (χ1v) is 14.1. The van der Waals surface area contributed by atoms with E-state index >= 15 is 0 Å². The van der Waals surface area contributed by atoms with Crippen molar-refractivity contribution in [2.45, 2.75) is 58.3 Å². The Bertz CT molecular complexity index is 933. The van der Waals surface area contributed by atoms with Crippen molar-refractivity contribution in [2.75, 3.05) is 43.9 Å². The maximum atomic E-state index is 12.8. The highest BCUT2D eigenvalue weighted by atomic mass is 32.2. The van der Waals surface area contributed by atoms with Crippen LogP contribution in [0.4, 0.5) is 5.13 Å². The van der Waals surface area contributed by atoms with Crippen LogP contribution in [0.25, 0.3) is 0 Å². The molecular formula is C23H36N4O3S2. The molecule has 0 saturated carbocycles. The monoisotopic (exact) mass is 480 g/mol. The van der Waals surface area contributed by atoms with Gasteiger partial charge in [0.1, 0.15) is 11.6 Å². The summed E-state index contributed by atoms with van der Waals surface area (Å²) in [5.74, 6) is 1.88. The highest BCUT2D eigenvalue weighted by Crippen LogP contribution is 2.22. The fraction of sp³-hybridized carbons (Fsp3) is 0.652. The fourth-order valence-electron chi connectivity index (χ4n) is 3.97. The number of aromatic nitrogens is 2. The number of sulfonamides is 1. The minimum atomic E-state index is -3.18. The molecule has 1 aliphatic heterocycles. The maximum absolute atomic E-state index is 12.8. The molecule has 1 aliphatic rings. The van der Waals surface area contributed by atoms with Gasteiger partial charge in [0.15, 0.2) is 0 Å². The van der Waals surface area contributed by atoms with Crippen LogP contribution in [0.3, 0.4) is 0 Å². The van der Waals surface area contributed by atoms with Crippen LogP contribution in [0.2, 0.25) is 0 Å². The summed E-state index contributed by atoms with van der Waals surface area (Å²) in [5.41, 5.74) is 1.11. The third-order valence-electron chi connectivity index (χ3n) is 5.83. The van der Waals surface area contributed by atoms with E-state index in [1.165, 1.54) is 30.8 Å². The molecule has 1 fully saturated rings. The lowest BCUT2D eigenvalue weighted by Crippen LogP contribution is -2.36. The van der Waals surface area contributed by atoms with Crippen LogP contribution in [0, 0.1) is 0 Å². The highest BCUT2D eigenvalue weighted by Gasteiger charge is 2.26. The van der Waals surface area contributed by atoms with Gasteiger partial charge in [-0.2, -0.15) is 4.37 Å². The van der Waals surface area contributed by atoms with Crippen molar-refractivity contribution in [3.05, 3.63) is 35.7 Å². The molecule has 2 aromatic rings. The first-order chi connectivity index (χ1) is 15.5. The zero-order chi connectivity index (χ0) is 22.8. The molecule has 0 aliphatic carbocycles. The molecule has 178 valence electrons. The van der Waals surface area contributed by atoms with E-state index < -0.39 is 10.0 Å². The van der Waals surface area contributed by atoms with Gasteiger partial charge in [-0.3, -0.25) is 0 Å². The van der Waals surface area contributed by atoms with Crippen LogP contribution in [0.1, 0.15) is 63.3 Å². The van der Waals surface area contributed by atoms with Crippen molar-refractivity contribution < 1.29 is 13.2 Å². The largest absolute Gasteiger partial charge is 0.497 e. The predicted octanol–water partition coefficient (Wildman–Crippen LogP) is 4.34. The van der Waals surface area contributed by atoms with Gasteiger partial charge in [0.25, 0.3) is 0 Å². The van der Waals surface area contributed by atoms with E-state index in [1.54, 1.807) is 11.4 Å². The molecule has 7 nitrogen and oxygen atoms in total. The van der Waals surface area contributed by atoms with Gasteiger partial charge >= 0.3 is 0 Å². The molecule has 2 heterocycles. The Balaban J connectivity index is 1.50. The zero-order valence-electron chi connectivity index (χ0n) is 19.3. The first kappa shape index (κ1) is 24.9. The van der Waals surface area contributed by atoms with E-state index in [-0.39, 0.29) is 5.75 Å². The van der Waals surface area contributed by atoms with Gasteiger partial charge in [-0.15, -0.1) is 0 Å².